The summed E-state index contributed by atoms with van der Waals surface area (Å²) in [4.78, 5) is 19.6. The van der Waals surface area contributed by atoms with Gasteiger partial charge in [0.15, 0.2) is 0 Å². The molecule has 3 rings (SSSR count). The summed E-state index contributed by atoms with van der Waals surface area (Å²) in [5.74, 6) is 0.0184. The highest BCUT2D eigenvalue weighted by atomic mass is 16.2. The predicted octanol–water partition coefficient (Wildman–Crippen LogP) is 3.81. The van der Waals surface area contributed by atoms with Crippen LogP contribution >= 0.6 is 0 Å². The summed E-state index contributed by atoms with van der Waals surface area (Å²) in [5, 5.41) is 3.98. The zero-order valence-corrected chi connectivity index (χ0v) is 15.8. The average molecular weight is 347 g/mol. The highest BCUT2D eigenvalue weighted by molar-refractivity contribution is 6.07. The number of hydrogen-bond donors (Lipinski definition) is 1. The van der Waals surface area contributed by atoms with Gasteiger partial charge in [-0.15, -0.1) is 0 Å². The fourth-order valence-corrected chi connectivity index (χ4v) is 3.18. The molecular formula is C22H25N3O. The van der Waals surface area contributed by atoms with Crippen molar-refractivity contribution in [2.45, 2.75) is 13.8 Å². The van der Waals surface area contributed by atoms with Gasteiger partial charge >= 0.3 is 0 Å². The van der Waals surface area contributed by atoms with Crippen molar-refractivity contribution in [3.05, 3.63) is 65.2 Å². The minimum absolute atomic E-state index is 0.0184. The van der Waals surface area contributed by atoms with E-state index in [0.717, 1.165) is 34.3 Å². The maximum Gasteiger partial charge on any atom is 0.254 e. The lowest BCUT2D eigenvalue weighted by Gasteiger charge is -2.19. The first-order chi connectivity index (χ1) is 12.5. The average Bonchev–Trinajstić information content (AvgIpc) is 2.64. The largest absolute Gasteiger partial charge is 0.340 e. The number of amides is 1. The lowest BCUT2D eigenvalue weighted by atomic mass is 9.99. The second-order valence-electron chi connectivity index (χ2n) is 6.72. The molecule has 1 heterocycles. The summed E-state index contributed by atoms with van der Waals surface area (Å²) >= 11 is 0. The van der Waals surface area contributed by atoms with Crippen LogP contribution in [0.2, 0.25) is 0 Å². The molecule has 0 aliphatic rings. The van der Waals surface area contributed by atoms with Crippen molar-refractivity contribution in [2.75, 3.05) is 27.2 Å². The number of fused-ring (bicyclic) bond motifs is 1. The Morgan fingerprint density at radius 3 is 2.62 bits per heavy atom. The number of nitrogens with zero attached hydrogens (tertiary/aromatic N) is 2. The molecule has 0 aliphatic heterocycles. The van der Waals surface area contributed by atoms with Crippen LogP contribution in [-0.2, 0) is 0 Å². The Morgan fingerprint density at radius 1 is 1.12 bits per heavy atom. The van der Waals surface area contributed by atoms with E-state index in [1.54, 1.807) is 4.90 Å². The lowest BCUT2D eigenvalue weighted by Crippen LogP contribution is -2.33. The van der Waals surface area contributed by atoms with Gasteiger partial charge in [0.05, 0.1) is 16.8 Å². The molecule has 1 aromatic heterocycles. The number of likely N-dealkylation sites (N-methyl/N-ethyl adjacent to an activating group) is 2. The van der Waals surface area contributed by atoms with Crippen LogP contribution in [0, 0.1) is 13.8 Å². The third kappa shape index (κ3) is 3.60. The number of rotatable bonds is 5. The highest BCUT2D eigenvalue weighted by Crippen LogP contribution is 2.28. The van der Waals surface area contributed by atoms with Gasteiger partial charge in [-0.1, -0.05) is 42.0 Å². The van der Waals surface area contributed by atoms with E-state index in [1.165, 1.54) is 5.56 Å². The monoisotopic (exact) mass is 347 g/mol. The van der Waals surface area contributed by atoms with Gasteiger partial charge in [-0.05, 0) is 38.6 Å². The first-order valence-electron chi connectivity index (χ1n) is 8.88. The van der Waals surface area contributed by atoms with Gasteiger partial charge in [0, 0.05) is 31.1 Å². The maximum atomic E-state index is 13.1. The summed E-state index contributed by atoms with van der Waals surface area (Å²) in [7, 11) is 3.73. The van der Waals surface area contributed by atoms with Crippen LogP contribution in [0.3, 0.4) is 0 Å². The molecule has 0 aliphatic carbocycles. The summed E-state index contributed by atoms with van der Waals surface area (Å²) < 4.78 is 0. The van der Waals surface area contributed by atoms with E-state index in [-0.39, 0.29) is 5.91 Å². The first-order valence-corrected chi connectivity index (χ1v) is 8.88. The molecule has 4 nitrogen and oxygen atoms in total. The molecule has 0 radical (unpaired) electrons. The third-order valence-electron chi connectivity index (χ3n) is 4.65. The molecule has 26 heavy (non-hydrogen) atoms. The second-order valence-corrected chi connectivity index (χ2v) is 6.72. The van der Waals surface area contributed by atoms with E-state index in [0.29, 0.717) is 12.1 Å². The number of pyridine rings is 1. The number of aromatic nitrogens is 1. The summed E-state index contributed by atoms with van der Waals surface area (Å²) in [6.45, 7) is 5.58. The van der Waals surface area contributed by atoms with E-state index < -0.39 is 0 Å². The number of carbonyl (C=O) groups excluding carboxylic acids is 1. The van der Waals surface area contributed by atoms with Crippen LogP contribution in [0.4, 0.5) is 0 Å². The van der Waals surface area contributed by atoms with Gasteiger partial charge in [-0.2, -0.15) is 0 Å². The van der Waals surface area contributed by atoms with Crippen molar-refractivity contribution >= 4 is 16.8 Å². The Bertz CT molecular complexity index is 949. The molecule has 0 saturated carbocycles. The molecule has 0 atom stereocenters. The predicted molar refractivity (Wildman–Crippen MR) is 108 cm³/mol. The Kier molecular flexibility index (Phi) is 5.33. The maximum absolute atomic E-state index is 13.1. The molecule has 2 aromatic carbocycles. The van der Waals surface area contributed by atoms with Gasteiger partial charge in [0.25, 0.3) is 5.91 Å². The topological polar surface area (TPSA) is 45.2 Å². The summed E-state index contributed by atoms with van der Waals surface area (Å²) in [5.41, 5.74) is 5.82. The molecule has 3 aromatic rings. The number of benzene rings is 2. The van der Waals surface area contributed by atoms with Crippen molar-refractivity contribution in [1.29, 1.82) is 0 Å². The Morgan fingerprint density at radius 2 is 1.88 bits per heavy atom. The van der Waals surface area contributed by atoms with Crippen LogP contribution in [0.5, 0.6) is 0 Å². The van der Waals surface area contributed by atoms with E-state index in [1.807, 2.05) is 44.4 Å². The third-order valence-corrected chi connectivity index (χ3v) is 4.65. The summed E-state index contributed by atoms with van der Waals surface area (Å²) in [6.07, 6.45) is 0. The smallest absolute Gasteiger partial charge is 0.254 e. The molecule has 0 saturated heterocycles. The minimum atomic E-state index is 0.0184. The number of carbonyl (C=O) groups is 1. The van der Waals surface area contributed by atoms with Gasteiger partial charge < -0.3 is 10.2 Å². The lowest BCUT2D eigenvalue weighted by molar-refractivity contribution is 0.0799. The van der Waals surface area contributed by atoms with Crippen LogP contribution < -0.4 is 5.32 Å². The van der Waals surface area contributed by atoms with E-state index in [2.05, 4.69) is 37.4 Å². The number of para-hydroxylation sites is 1. The Hall–Kier alpha value is -2.72. The van der Waals surface area contributed by atoms with Crippen LogP contribution in [0.15, 0.2) is 48.5 Å². The fourth-order valence-electron chi connectivity index (χ4n) is 3.18. The number of hydrogen-bond acceptors (Lipinski definition) is 3. The van der Waals surface area contributed by atoms with E-state index in [9.17, 15) is 4.79 Å². The fraction of sp³-hybridized carbons (Fsp3) is 0.273. The molecule has 1 N–H and O–H groups in total. The minimum Gasteiger partial charge on any atom is -0.340 e. The SMILES string of the molecule is CNCCN(C)C(=O)c1cc(-c2ccc(C)cc2C)nc2ccccc12. The van der Waals surface area contributed by atoms with Gasteiger partial charge in [-0.3, -0.25) is 4.79 Å². The zero-order valence-electron chi connectivity index (χ0n) is 15.8. The quantitative estimate of drug-likeness (QED) is 0.763. The van der Waals surface area contributed by atoms with E-state index >= 15 is 0 Å². The van der Waals surface area contributed by atoms with Crippen molar-refractivity contribution in [3.8, 4) is 11.3 Å². The number of nitrogens with one attached hydrogen (secondary N) is 1. The second kappa shape index (κ2) is 7.67. The molecule has 134 valence electrons. The molecule has 4 heteroatoms. The first kappa shape index (κ1) is 18.1. The molecule has 0 fully saturated rings. The van der Waals surface area contributed by atoms with Crippen molar-refractivity contribution < 1.29 is 4.79 Å². The number of aryl methyl sites for hydroxylation is 2. The van der Waals surface area contributed by atoms with Gasteiger partial charge in [0.1, 0.15) is 0 Å². The normalized spacial score (nSPS) is 10.9. The standard InChI is InChI=1S/C22H25N3O/c1-15-9-10-17(16(2)13-15)21-14-19(22(26)25(4)12-11-23-3)18-7-5-6-8-20(18)24-21/h5-10,13-14,23H,11-12H2,1-4H3. The van der Waals surface area contributed by atoms with Crippen molar-refractivity contribution in [1.82, 2.24) is 15.2 Å². The molecule has 0 bridgehead atoms. The molecule has 0 spiro atoms. The van der Waals surface area contributed by atoms with Crippen LogP contribution in [0.1, 0.15) is 21.5 Å². The molecule has 1 amide bonds. The summed E-state index contributed by atoms with van der Waals surface area (Å²) in [6, 6.07) is 16.1. The van der Waals surface area contributed by atoms with Gasteiger partial charge in [-0.25, -0.2) is 4.98 Å². The molecule has 0 unspecified atom stereocenters. The van der Waals surface area contributed by atoms with Gasteiger partial charge in [0.2, 0.25) is 0 Å². The highest BCUT2D eigenvalue weighted by Gasteiger charge is 2.17. The zero-order chi connectivity index (χ0) is 18.7. The Labute approximate surface area is 154 Å². The molecular weight excluding hydrogens is 322 g/mol. The van der Waals surface area contributed by atoms with Crippen LogP contribution in [0.25, 0.3) is 22.2 Å². The Balaban J connectivity index is 2.14. The van der Waals surface area contributed by atoms with Crippen molar-refractivity contribution in [3.63, 3.8) is 0 Å². The van der Waals surface area contributed by atoms with Crippen molar-refractivity contribution in [2.24, 2.45) is 0 Å². The van der Waals surface area contributed by atoms with Crippen LogP contribution in [-0.4, -0.2) is 43.0 Å². The van der Waals surface area contributed by atoms with E-state index in [4.69, 9.17) is 4.98 Å².